The molecule has 0 aliphatic carbocycles. The standard InChI is InChI=1S/C13H18N2O6/c1-6-3-8(9(15(19)20)4-7(6)2)14-13-12(18)11(17)10(16)5-21-13/h3-4,10-14,16-18H,5H2,1-2H3/t10-,11+,12-,13+/m0/s1. The molecule has 1 fully saturated rings. The van der Waals surface area contributed by atoms with E-state index in [0.717, 1.165) is 11.1 Å². The van der Waals surface area contributed by atoms with Gasteiger partial charge in [-0.25, -0.2) is 0 Å². The van der Waals surface area contributed by atoms with E-state index < -0.39 is 29.5 Å². The summed E-state index contributed by atoms with van der Waals surface area (Å²) in [7, 11) is 0. The lowest BCUT2D eigenvalue weighted by atomic mass is 10.0. The topological polar surface area (TPSA) is 125 Å². The molecule has 4 N–H and O–H groups in total. The predicted octanol–water partition coefficient (Wildman–Crippen LogP) is 0.0625. The number of aliphatic hydroxyl groups excluding tert-OH is 3. The van der Waals surface area contributed by atoms with E-state index >= 15 is 0 Å². The fourth-order valence-electron chi connectivity index (χ4n) is 2.15. The quantitative estimate of drug-likeness (QED) is 0.459. The molecule has 0 spiro atoms. The molecule has 0 bridgehead atoms. The third-order valence-corrected chi connectivity index (χ3v) is 3.61. The molecule has 1 aliphatic rings. The highest BCUT2D eigenvalue weighted by molar-refractivity contribution is 5.64. The smallest absolute Gasteiger partial charge is 0.292 e. The number of nitro groups is 1. The van der Waals surface area contributed by atoms with Crippen LogP contribution >= 0.6 is 0 Å². The van der Waals surface area contributed by atoms with Crippen LogP contribution in [0.3, 0.4) is 0 Å². The average Bonchev–Trinajstić information content (AvgIpc) is 2.43. The lowest BCUT2D eigenvalue weighted by Crippen LogP contribution is -2.55. The Labute approximate surface area is 121 Å². The lowest BCUT2D eigenvalue weighted by Gasteiger charge is -2.35. The molecule has 1 aromatic rings. The fourth-order valence-corrected chi connectivity index (χ4v) is 2.15. The van der Waals surface area contributed by atoms with Crippen LogP contribution in [0.4, 0.5) is 11.4 Å². The van der Waals surface area contributed by atoms with Gasteiger partial charge in [-0.05, 0) is 31.0 Å². The Bertz CT molecular complexity index is 550. The number of aryl methyl sites for hydroxylation is 2. The van der Waals surface area contributed by atoms with E-state index in [9.17, 15) is 25.4 Å². The van der Waals surface area contributed by atoms with E-state index in [1.807, 2.05) is 0 Å². The number of aliphatic hydroxyl groups is 3. The van der Waals surface area contributed by atoms with Gasteiger partial charge in [0.05, 0.1) is 11.5 Å². The largest absolute Gasteiger partial charge is 0.388 e. The third kappa shape index (κ3) is 3.13. The zero-order valence-electron chi connectivity index (χ0n) is 11.7. The molecular formula is C13H18N2O6. The van der Waals surface area contributed by atoms with Gasteiger partial charge in [0, 0.05) is 6.07 Å². The van der Waals surface area contributed by atoms with Gasteiger partial charge in [0.2, 0.25) is 0 Å². The second-order valence-electron chi connectivity index (χ2n) is 5.16. The van der Waals surface area contributed by atoms with Crippen molar-refractivity contribution >= 4 is 11.4 Å². The van der Waals surface area contributed by atoms with Crippen molar-refractivity contribution < 1.29 is 25.0 Å². The summed E-state index contributed by atoms with van der Waals surface area (Å²) < 4.78 is 5.19. The first-order valence-corrected chi connectivity index (χ1v) is 6.49. The van der Waals surface area contributed by atoms with Gasteiger partial charge in [0.1, 0.15) is 24.0 Å². The first-order chi connectivity index (χ1) is 9.81. The summed E-state index contributed by atoms with van der Waals surface area (Å²) in [5, 5.41) is 42.7. The van der Waals surface area contributed by atoms with Crippen molar-refractivity contribution in [1.82, 2.24) is 0 Å². The van der Waals surface area contributed by atoms with Gasteiger partial charge in [0.25, 0.3) is 5.69 Å². The molecular weight excluding hydrogens is 280 g/mol. The molecule has 0 amide bonds. The minimum Gasteiger partial charge on any atom is -0.388 e. The van der Waals surface area contributed by atoms with E-state index in [1.165, 1.54) is 6.07 Å². The number of hydrogen-bond acceptors (Lipinski definition) is 7. The highest BCUT2D eigenvalue weighted by Gasteiger charge is 2.38. The molecule has 0 saturated carbocycles. The van der Waals surface area contributed by atoms with E-state index in [-0.39, 0.29) is 18.0 Å². The monoisotopic (exact) mass is 298 g/mol. The second-order valence-corrected chi connectivity index (χ2v) is 5.16. The maximum Gasteiger partial charge on any atom is 0.292 e. The molecule has 1 aromatic carbocycles. The summed E-state index contributed by atoms with van der Waals surface area (Å²) in [6, 6.07) is 3.01. The molecule has 0 radical (unpaired) electrons. The van der Waals surface area contributed by atoms with E-state index in [4.69, 9.17) is 4.74 Å². The van der Waals surface area contributed by atoms with Gasteiger partial charge in [-0.3, -0.25) is 10.1 Å². The van der Waals surface area contributed by atoms with Gasteiger partial charge in [-0.15, -0.1) is 0 Å². The number of hydrogen-bond donors (Lipinski definition) is 4. The Hall–Kier alpha value is -1.74. The van der Waals surface area contributed by atoms with Crippen molar-refractivity contribution in [2.45, 2.75) is 38.4 Å². The number of benzene rings is 1. The zero-order valence-corrected chi connectivity index (χ0v) is 11.7. The van der Waals surface area contributed by atoms with Crippen LogP contribution in [0.15, 0.2) is 12.1 Å². The molecule has 1 aliphatic heterocycles. The molecule has 1 saturated heterocycles. The molecule has 0 unspecified atom stereocenters. The summed E-state index contributed by atoms with van der Waals surface area (Å²) in [6.07, 6.45) is -4.99. The maximum atomic E-state index is 11.1. The van der Waals surface area contributed by atoms with Crippen LogP contribution < -0.4 is 5.32 Å². The first-order valence-electron chi connectivity index (χ1n) is 6.49. The Morgan fingerprint density at radius 1 is 1.24 bits per heavy atom. The third-order valence-electron chi connectivity index (χ3n) is 3.61. The Morgan fingerprint density at radius 2 is 1.86 bits per heavy atom. The van der Waals surface area contributed by atoms with Crippen molar-refractivity contribution in [3.63, 3.8) is 0 Å². The predicted molar refractivity (Wildman–Crippen MR) is 74.0 cm³/mol. The fraction of sp³-hybridized carbons (Fsp3) is 0.538. The summed E-state index contributed by atoms with van der Waals surface area (Å²) >= 11 is 0. The van der Waals surface area contributed by atoms with Crippen molar-refractivity contribution in [2.24, 2.45) is 0 Å². The van der Waals surface area contributed by atoms with Gasteiger partial charge in [-0.2, -0.15) is 0 Å². The van der Waals surface area contributed by atoms with Gasteiger partial charge in [-0.1, -0.05) is 0 Å². The van der Waals surface area contributed by atoms with Crippen LogP contribution in [0.1, 0.15) is 11.1 Å². The molecule has 21 heavy (non-hydrogen) atoms. The maximum absolute atomic E-state index is 11.1. The highest BCUT2D eigenvalue weighted by atomic mass is 16.6. The molecule has 116 valence electrons. The number of anilines is 1. The molecule has 4 atom stereocenters. The summed E-state index contributed by atoms with van der Waals surface area (Å²) in [5.41, 5.74) is 1.66. The van der Waals surface area contributed by atoms with E-state index in [1.54, 1.807) is 19.9 Å². The number of nitrogens with one attached hydrogen (secondary N) is 1. The van der Waals surface area contributed by atoms with E-state index in [0.29, 0.717) is 0 Å². The first kappa shape index (κ1) is 15.6. The van der Waals surface area contributed by atoms with E-state index in [2.05, 4.69) is 5.32 Å². The van der Waals surface area contributed by atoms with Crippen molar-refractivity contribution in [3.8, 4) is 0 Å². The number of ether oxygens (including phenoxy) is 1. The second kappa shape index (κ2) is 5.94. The van der Waals surface area contributed by atoms with Gasteiger partial charge < -0.3 is 25.4 Å². The summed E-state index contributed by atoms with van der Waals surface area (Å²) in [6.45, 7) is 3.40. The van der Waals surface area contributed by atoms with Crippen LogP contribution in [0.5, 0.6) is 0 Å². The number of rotatable bonds is 3. The van der Waals surface area contributed by atoms with Crippen molar-refractivity contribution in [2.75, 3.05) is 11.9 Å². The van der Waals surface area contributed by atoms with Gasteiger partial charge in [0.15, 0.2) is 6.23 Å². The lowest BCUT2D eigenvalue weighted by molar-refractivity contribution is -0.384. The highest BCUT2D eigenvalue weighted by Crippen LogP contribution is 2.30. The Kier molecular flexibility index (Phi) is 4.43. The van der Waals surface area contributed by atoms with Crippen LogP contribution in [-0.2, 0) is 4.74 Å². The van der Waals surface area contributed by atoms with Crippen molar-refractivity contribution in [1.29, 1.82) is 0 Å². The number of nitrogens with zero attached hydrogens (tertiary/aromatic N) is 1. The normalized spacial score (nSPS) is 29.2. The molecule has 1 heterocycles. The summed E-state index contributed by atoms with van der Waals surface area (Å²) in [5.74, 6) is 0. The molecule has 8 nitrogen and oxygen atoms in total. The molecule has 8 heteroatoms. The average molecular weight is 298 g/mol. The van der Waals surface area contributed by atoms with Crippen LogP contribution in [-0.4, -0.2) is 51.4 Å². The minimum absolute atomic E-state index is 0.144. The summed E-state index contributed by atoms with van der Waals surface area (Å²) in [4.78, 5) is 10.6. The zero-order chi connectivity index (χ0) is 15.7. The van der Waals surface area contributed by atoms with Gasteiger partial charge >= 0.3 is 0 Å². The minimum atomic E-state index is -1.39. The van der Waals surface area contributed by atoms with Crippen LogP contribution in [0.25, 0.3) is 0 Å². The molecule has 2 rings (SSSR count). The Morgan fingerprint density at radius 3 is 2.48 bits per heavy atom. The van der Waals surface area contributed by atoms with Crippen LogP contribution in [0, 0.1) is 24.0 Å². The molecule has 0 aromatic heterocycles. The van der Waals surface area contributed by atoms with Crippen LogP contribution in [0.2, 0.25) is 0 Å². The van der Waals surface area contributed by atoms with Crippen molar-refractivity contribution in [3.05, 3.63) is 33.4 Å². The SMILES string of the molecule is Cc1cc(N[C@@H]2OC[C@H](O)[C@@H](O)[C@@H]2O)c([N+](=O)[O-])cc1C. The Balaban J connectivity index is 2.27. The number of nitro benzene ring substituents is 1.